The van der Waals surface area contributed by atoms with Crippen LogP contribution < -0.4 is 0 Å². The summed E-state index contributed by atoms with van der Waals surface area (Å²) in [6, 6.07) is 4.69. The van der Waals surface area contributed by atoms with Crippen molar-refractivity contribution < 1.29 is 0 Å². The highest BCUT2D eigenvalue weighted by molar-refractivity contribution is 5.49. The molecule has 1 fully saturated rings. The van der Waals surface area contributed by atoms with Gasteiger partial charge in [0.1, 0.15) is 0 Å². The van der Waals surface area contributed by atoms with Gasteiger partial charge in [-0.2, -0.15) is 10.5 Å². The summed E-state index contributed by atoms with van der Waals surface area (Å²) in [5, 5.41) is 18.4. The molecule has 0 amide bonds. The number of nitriles is 2. The molecule has 0 bridgehead atoms. The summed E-state index contributed by atoms with van der Waals surface area (Å²) in [6.45, 7) is 0. The SMILES string of the molecule is N#CC1=C[C@]23CC=C(C#N)[C@]2(CCCC3)C1. The zero-order valence-corrected chi connectivity index (χ0v) is 9.29. The van der Waals surface area contributed by atoms with Crippen LogP contribution >= 0.6 is 0 Å². The van der Waals surface area contributed by atoms with Crippen LogP contribution in [0.15, 0.2) is 23.3 Å². The van der Waals surface area contributed by atoms with Crippen molar-refractivity contribution in [2.24, 2.45) is 10.8 Å². The minimum Gasteiger partial charge on any atom is -0.193 e. The first-order valence-electron chi connectivity index (χ1n) is 5.99. The lowest BCUT2D eigenvalue weighted by atomic mass is 9.57. The summed E-state index contributed by atoms with van der Waals surface area (Å²) >= 11 is 0. The summed E-state index contributed by atoms with van der Waals surface area (Å²) < 4.78 is 0. The number of nitrogens with zero attached hydrogens (tertiary/aromatic N) is 2. The van der Waals surface area contributed by atoms with Crippen molar-refractivity contribution in [2.45, 2.75) is 38.5 Å². The third-order valence-corrected chi connectivity index (χ3v) is 4.82. The molecular weight excluding hydrogens is 196 g/mol. The number of hydrogen-bond donors (Lipinski definition) is 0. The maximum atomic E-state index is 9.28. The quantitative estimate of drug-likeness (QED) is 0.616. The molecule has 0 aromatic carbocycles. The lowest BCUT2D eigenvalue weighted by molar-refractivity contribution is 0.104. The molecule has 0 aromatic heterocycles. The molecule has 2 nitrogen and oxygen atoms in total. The van der Waals surface area contributed by atoms with Gasteiger partial charge in [0.05, 0.1) is 12.1 Å². The number of hydrogen-bond acceptors (Lipinski definition) is 2. The Morgan fingerprint density at radius 2 is 1.94 bits per heavy atom. The number of allylic oxidation sites excluding steroid dienone is 4. The van der Waals surface area contributed by atoms with Gasteiger partial charge in [0.15, 0.2) is 0 Å². The van der Waals surface area contributed by atoms with Gasteiger partial charge in [-0.25, -0.2) is 0 Å². The molecule has 80 valence electrons. The zero-order valence-electron chi connectivity index (χ0n) is 9.29. The number of rotatable bonds is 0. The smallest absolute Gasteiger partial charge is 0.0950 e. The molecule has 3 aliphatic rings. The molecule has 0 saturated heterocycles. The Labute approximate surface area is 95.9 Å². The van der Waals surface area contributed by atoms with Crippen LogP contribution in [0.1, 0.15) is 38.5 Å². The normalized spacial score (nSPS) is 40.1. The lowest BCUT2D eigenvalue weighted by Gasteiger charge is -2.45. The second kappa shape index (κ2) is 2.98. The van der Waals surface area contributed by atoms with Gasteiger partial charge in [-0.3, -0.25) is 0 Å². The second-order valence-electron chi connectivity index (χ2n) is 5.34. The van der Waals surface area contributed by atoms with Crippen LogP contribution in [-0.2, 0) is 0 Å². The standard InChI is InChI=1S/C14H14N2/c15-9-11-7-13-4-1-2-5-14(13,8-11)12(10-16)3-6-13/h3,7H,1-2,4-6,8H2/t13-,14-/m0/s1. The van der Waals surface area contributed by atoms with Gasteiger partial charge in [0.25, 0.3) is 0 Å². The molecule has 0 aliphatic heterocycles. The first kappa shape index (κ1) is 9.67. The van der Waals surface area contributed by atoms with Gasteiger partial charge in [-0.1, -0.05) is 25.0 Å². The summed E-state index contributed by atoms with van der Waals surface area (Å²) in [5.74, 6) is 0. The molecule has 2 heteroatoms. The molecule has 3 rings (SSSR count). The van der Waals surface area contributed by atoms with Gasteiger partial charge in [0, 0.05) is 22.0 Å². The largest absolute Gasteiger partial charge is 0.193 e. The molecule has 1 saturated carbocycles. The van der Waals surface area contributed by atoms with E-state index in [9.17, 15) is 5.26 Å². The minimum atomic E-state index is 0.00502. The van der Waals surface area contributed by atoms with Gasteiger partial charge < -0.3 is 0 Å². The van der Waals surface area contributed by atoms with E-state index in [1.54, 1.807) is 0 Å². The monoisotopic (exact) mass is 210 g/mol. The highest BCUT2D eigenvalue weighted by atomic mass is 14.6. The molecule has 16 heavy (non-hydrogen) atoms. The van der Waals surface area contributed by atoms with Crippen LogP contribution in [0.4, 0.5) is 0 Å². The molecular formula is C14H14N2. The van der Waals surface area contributed by atoms with Crippen LogP contribution in [0.25, 0.3) is 0 Å². The van der Waals surface area contributed by atoms with E-state index in [1.807, 2.05) is 0 Å². The van der Waals surface area contributed by atoms with Crippen molar-refractivity contribution in [1.29, 1.82) is 10.5 Å². The van der Waals surface area contributed by atoms with E-state index in [1.165, 1.54) is 12.8 Å². The Hall–Kier alpha value is -1.54. The van der Waals surface area contributed by atoms with Crippen LogP contribution in [0.5, 0.6) is 0 Å². The van der Waals surface area contributed by atoms with E-state index < -0.39 is 0 Å². The topological polar surface area (TPSA) is 47.6 Å². The molecule has 0 aromatic rings. The van der Waals surface area contributed by atoms with Crippen molar-refractivity contribution in [3.63, 3.8) is 0 Å². The lowest BCUT2D eigenvalue weighted by Crippen LogP contribution is -2.38. The Balaban J connectivity index is 2.13. The molecule has 0 N–H and O–H groups in total. The Morgan fingerprint density at radius 3 is 2.69 bits per heavy atom. The molecule has 3 aliphatic carbocycles. The van der Waals surface area contributed by atoms with Crippen molar-refractivity contribution in [3.8, 4) is 12.1 Å². The predicted octanol–water partition coefficient (Wildman–Crippen LogP) is 3.24. The highest BCUT2D eigenvalue weighted by Crippen LogP contribution is 2.67. The fourth-order valence-corrected chi connectivity index (χ4v) is 4.10. The molecule has 2 atom stereocenters. The summed E-state index contributed by atoms with van der Waals surface area (Å²) in [4.78, 5) is 0. The molecule has 0 heterocycles. The Morgan fingerprint density at radius 1 is 1.12 bits per heavy atom. The van der Waals surface area contributed by atoms with Crippen LogP contribution in [0.2, 0.25) is 0 Å². The molecule has 0 unspecified atom stereocenters. The van der Waals surface area contributed by atoms with Crippen LogP contribution in [0, 0.1) is 33.5 Å². The highest BCUT2D eigenvalue weighted by Gasteiger charge is 2.59. The predicted molar refractivity (Wildman–Crippen MR) is 60.0 cm³/mol. The Bertz CT molecular complexity index is 486. The zero-order chi connectivity index (χ0) is 11.2. The van der Waals surface area contributed by atoms with E-state index in [0.29, 0.717) is 0 Å². The van der Waals surface area contributed by atoms with Crippen molar-refractivity contribution in [2.75, 3.05) is 0 Å². The Kier molecular flexibility index (Phi) is 1.80. The summed E-state index contributed by atoms with van der Waals surface area (Å²) in [7, 11) is 0. The molecule has 0 spiro atoms. The van der Waals surface area contributed by atoms with Crippen LogP contribution in [-0.4, -0.2) is 0 Å². The van der Waals surface area contributed by atoms with E-state index in [0.717, 1.165) is 36.8 Å². The average Bonchev–Trinajstić information content (AvgIpc) is 2.79. The van der Waals surface area contributed by atoms with Crippen molar-refractivity contribution in [1.82, 2.24) is 0 Å². The van der Waals surface area contributed by atoms with Gasteiger partial charge in [-0.05, 0) is 25.7 Å². The fourth-order valence-electron chi connectivity index (χ4n) is 4.10. The second-order valence-corrected chi connectivity index (χ2v) is 5.34. The maximum absolute atomic E-state index is 9.28. The average molecular weight is 210 g/mol. The first-order valence-corrected chi connectivity index (χ1v) is 5.99. The van der Waals surface area contributed by atoms with Gasteiger partial charge in [-0.15, -0.1) is 0 Å². The third-order valence-electron chi connectivity index (χ3n) is 4.82. The first-order chi connectivity index (χ1) is 7.76. The summed E-state index contributed by atoms with van der Waals surface area (Å²) in [6.07, 6.45) is 10.8. The van der Waals surface area contributed by atoms with Crippen molar-refractivity contribution >= 4 is 0 Å². The van der Waals surface area contributed by atoms with E-state index in [4.69, 9.17) is 5.26 Å². The molecule has 0 radical (unpaired) electrons. The van der Waals surface area contributed by atoms with Gasteiger partial charge >= 0.3 is 0 Å². The minimum absolute atomic E-state index is 0.00502. The van der Waals surface area contributed by atoms with Gasteiger partial charge in [0.2, 0.25) is 0 Å². The third kappa shape index (κ3) is 0.908. The van der Waals surface area contributed by atoms with Crippen LogP contribution in [0.3, 0.4) is 0 Å². The van der Waals surface area contributed by atoms with Crippen molar-refractivity contribution in [3.05, 3.63) is 23.3 Å². The van der Waals surface area contributed by atoms with E-state index >= 15 is 0 Å². The summed E-state index contributed by atoms with van der Waals surface area (Å²) in [5.41, 5.74) is 1.99. The maximum Gasteiger partial charge on any atom is 0.0950 e. The van der Waals surface area contributed by atoms with E-state index in [-0.39, 0.29) is 10.8 Å². The fraction of sp³-hybridized carbons (Fsp3) is 0.571. The van der Waals surface area contributed by atoms with E-state index in [2.05, 4.69) is 24.3 Å².